The third kappa shape index (κ3) is 3.32. The number of halogens is 2. The molecule has 0 saturated carbocycles. The van der Waals surface area contributed by atoms with E-state index in [-0.39, 0.29) is 17.6 Å². The number of benzene rings is 1. The third-order valence-electron chi connectivity index (χ3n) is 2.21. The van der Waals surface area contributed by atoms with Crippen LogP contribution in [0, 0.1) is 5.82 Å². The van der Waals surface area contributed by atoms with Crippen LogP contribution in [0.2, 0.25) is 0 Å². The number of aromatic nitrogens is 2. The van der Waals surface area contributed by atoms with Crippen molar-refractivity contribution in [1.29, 1.82) is 0 Å². The molecule has 0 fully saturated rings. The highest BCUT2D eigenvalue weighted by molar-refractivity contribution is 9.10. The van der Waals surface area contributed by atoms with E-state index in [0.717, 1.165) is 4.47 Å². The highest BCUT2D eigenvalue weighted by atomic mass is 79.9. The SMILES string of the molecule is NC(N)=NC(N)=Nc1cc(F)ccc1-n1cc(Br)cn1. The Bertz CT molecular complexity index is 688. The Kier molecular flexibility index (Phi) is 3.99. The maximum absolute atomic E-state index is 13.3. The van der Waals surface area contributed by atoms with Crippen molar-refractivity contribution in [2.45, 2.75) is 0 Å². The molecule has 0 atom stereocenters. The summed E-state index contributed by atoms with van der Waals surface area (Å²) in [6, 6.07) is 4.02. The lowest BCUT2D eigenvalue weighted by Crippen LogP contribution is -2.26. The summed E-state index contributed by atoms with van der Waals surface area (Å²) >= 11 is 3.28. The zero-order valence-corrected chi connectivity index (χ0v) is 11.7. The minimum Gasteiger partial charge on any atom is -0.370 e. The number of nitrogens with two attached hydrogens (primary N) is 3. The first-order valence-corrected chi connectivity index (χ1v) is 6.19. The summed E-state index contributed by atoms with van der Waals surface area (Å²) in [7, 11) is 0. The molecule has 0 saturated heterocycles. The summed E-state index contributed by atoms with van der Waals surface area (Å²) in [4.78, 5) is 7.56. The Morgan fingerprint density at radius 2 is 2.05 bits per heavy atom. The van der Waals surface area contributed by atoms with Crippen LogP contribution >= 0.6 is 15.9 Å². The average molecular weight is 340 g/mol. The highest BCUT2D eigenvalue weighted by Crippen LogP contribution is 2.25. The molecule has 6 N–H and O–H groups in total. The zero-order valence-electron chi connectivity index (χ0n) is 10.2. The van der Waals surface area contributed by atoms with Gasteiger partial charge in [-0.15, -0.1) is 0 Å². The molecule has 0 amide bonds. The first-order valence-electron chi connectivity index (χ1n) is 5.39. The molecule has 0 radical (unpaired) electrons. The van der Waals surface area contributed by atoms with Crippen LogP contribution in [-0.4, -0.2) is 21.7 Å². The van der Waals surface area contributed by atoms with Crippen molar-refractivity contribution in [2.75, 3.05) is 0 Å². The van der Waals surface area contributed by atoms with Crippen molar-refractivity contribution in [3.05, 3.63) is 40.9 Å². The van der Waals surface area contributed by atoms with Crippen LogP contribution in [0.5, 0.6) is 0 Å². The van der Waals surface area contributed by atoms with Crippen molar-refractivity contribution in [3.8, 4) is 5.69 Å². The van der Waals surface area contributed by atoms with Gasteiger partial charge in [0.05, 0.1) is 22.0 Å². The van der Waals surface area contributed by atoms with E-state index in [2.05, 4.69) is 31.0 Å². The van der Waals surface area contributed by atoms with E-state index in [4.69, 9.17) is 17.2 Å². The van der Waals surface area contributed by atoms with E-state index in [9.17, 15) is 4.39 Å². The third-order valence-corrected chi connectivity index (χ3v) is 2.62. The lowest BCUT2D eigenvalue weighted by molar-refractivity contribution is 0.627. The van der Waals surface area contributed by atoms with Crippen molar-refractivity contribution in [2.24, 2.45) is 27.2 Å². The molecule has 0 aliphatic heterocycles. The fraction of sp³-hybridized carbons (Fsp3) is 0. The Balaban J connectivity index is 2.52. The van der Waals surface area contributed by atoms with Gasteiger partial charge in [0.2, 0.25) is 5.96 Å². The van der Waals surface area contributed by atoms with Crippen molar-refractivity contribution in [1.82, 2.24) is 9.78 Å². The maximum Gasteiger partial charge on any atom is 0.223 e. The second-order valence-electron chi connectivity index (χ2n) is 3.74. The lowest BCUT2D eigenvalue weighted by atomic mass is 10.2. The van der Waals surface area contributed by atoms with Gasteiger partial charge in [-0.3, -0.25) is 0 Å². The first-order chi connectivity index (χ1) is 9.45. The Morgan fingerprint density at radius 3 is 2.65 bits per heavy atom. The Hall–Kier alpha value is -2.42. The van der Waals surface area contributed by atoms with Gasteiger partial charge < -0.3 is 17.2 Å². The van der Waals surface area contributed by atoms with Crippen LogP contribution in [0.15, 0.2) is 45.1 Å². The molecule has 0 aliphatic carbocycles. The van der Waals surface area contributed by atoms with E-state index in [0.29, 0.717) is 5.69 Å². The van der Waals surface area contributed by atoms with Gasteiger partial charge in [0.1, 0.15) is 5.82 Å². The normalized spacial score (nSPS) is 11.4. The van der Waals surface area contributed by atoms with E-state index in [1.165, 1.54) is 22.9 Å². The van der Waals surface area contributed by atoms with Crippen LogP contribution in [0.3, 0.4) is 0 Å². The van der Waals surface area contributed by atoms with Crippen LogP contribution in [0.4, 0.5) is 10.1 Å². The van der Waals surface area contributed by atoms with Crippen molar-refractivity contribution < 1.29 is 4.39 Å². The molecule has 7 nitrogen and oxygen atoms in total. The van der Waals surface area contributed by atoms with E-state index < -0.39 is 5.82 Å². The van der Waals surface area contributed by atoms with Gasteiger partial charge in [-0.05, 0) is 28.1 Å². The number of hydrogen-bond acceptors (Lipinski definition) is 2. The van der Waals surface area contributed by atoms with Gasteiger partial charge in [-0.25, -0.2) is 14.1 Å². The van der Waals surface area contributed by atoms with Crippen molar-refractivity contribution in [3.63, 3.8) is 0 Å². The summed E-state index contributed by atoms with van der Waals surface area (Å²) in [5, 5.41) is 4.10. The predicted molar refractivity (Wildman–Crippen MR) is 78.3 cm³/mol. The second-order valence-corrected chi connectivity index (χ2v) is 4.66. The largest absolute Gasteiger partial charge is 0.370 e. The standard InChI is InChI=1S/C11H11BrFN7/c12-6-4-17-20(5-6)9-2-1-7(13)3-8(9)18-11(16)19-10(14)15/h1-5H,(H6,14,15,16,18,19). The molecule has 1 aromatic carbocycles. The quantitative estimate of drug-likeness (QED) is 0.558. The second kappa shape index (κ2) is 5.70. The number of hydrogen-bond donors (Lipinski definition) is 3. The summed E-state index contributed by atoms with van der Waals surface area (Å²) < 4.78 is 15.6. The van der Waals surface area contributed by atoms with Gasteiger partial charge in [-0.2, -0.15) is 10.1 Å². The number of rotatable bonds is 2. The smallest absolute Gasteiger partial charge is 0.223 e. The molecule has 1 aromatic heterocycles. The molecule has 1 heterocycles. The van der Waals surface area contributed by atoms with Gasteiger partial charge in [-0.1, -0.05) is 0 Å². The molecule has 9 heteroatoms. The van der Waals surface area contributed by atoms with Gasteiger partial charge >= 0.3 is 0 Å². The first kappa shape index (κ1) is 14.0. The average Bonchev–Trinajstić information content (AvgIpc) is 2.74. The number of aliphatic imine (C=N–C) groups is 2. The van der Waals surface area contributed by atoms with Gasteiger partial charge in [0, 0.05) is 12.3 Å². The molecule has 2 rings (SSSR count). The van der Waals surface area contributed by atoms with Gasteiger partial charge in [0.15, 0.2) is 5.96 Å². The number of nitrogens with zero attached hydrogens (tertiary/aromatic N) is 4. The highest BCUT2D eigenvalue weighted by Gasteiger charge is 2.08. The molecule has 20 heavy (non-hydrogen) atoms. The lowest BCUT2D eigenvalue weighted by Gasteiger charge is -2.06. The fourth-order valence-electron chi connectivity index (χ4n) is 1.49. The molecular weight excluding hydrogens is 329 g/mol. The van der Waals surface area contributed by atoms with E-state index in [1.807, 2.05) is 0 Å². The molecule has 2 aromatic rings. The molecule has 104 valence electrons. The monoisotopic (exact) mass is 339 g/mol. The van der Waals surface area contributed by atoms with Crippen LogP contribution < -0.4 is 17.2 Å². The van der Waals surface area contributed by atoms with Crippen molar-refractivity contribution >= 4 is 33.5 Å². The molecule has 0 unspecified atom stereocenters. The van der Waals surface area contributed by atoms with Gasteiger partial charge in [0.25, 0.3) is 0 Å². The van der Waals surface area contributed by atoms with Crippen LogP contribution in [0.1, 0.15) is 0 Å². The molecule has 0 bridgehead atoms. The van der Waals surface area contributed by atoms with E-state index >= 15 is 0 Å². The zero-order chi connectivity index (χ0) is 14.7. The summed E-state index contributed by atoms with van der Waals surface area (Å²) in [6.45, 7) is 0. The van der Waals surface area contributed by atoms with Crippen LogP contribution in [0.25, 0.3) is 5.69 Å². The van der Waals surface area contributed by atoms with E-state index in [1.54, 1.807) is 12.4 Å². The molecule has 0 aliphatic rings. The minimum absolute atomic E-state index is 0.178. The fourth-order valence-corrected chi connectivity index (χ4v) is 1.78. The summed E-state index contributed by atoms with van der Waals surface area (Å²) in [6.07, 6.45) is 3.29. The Morgan fingerprint density at radius 1 is 1.30 bits per heavy atom. The summed E-state index contributed by atoms with van der Waals surface area (Å²) in [5.41, 5.74) is 16.7. The van der Waals surface area contributed by atoms with Crippen LogP contribution in [-0.2, 0) is 0 Å². The summed E-state index contributed by atoms with van der Waals surface area (Å²) in [5.74, 6) is -0.870. The molecular formula is C11H11BrFN7. The number of guanidine groups is 2. The minimum atomic E-state index is -0.462. The Labute approximate surface area is 122 Å². The topological polar surface area (TPSA) is 121 Å². The predicted octanol–water partition coefficient (Wildman–Crippen LogP) is 0.994. The maximum atomic E-state index is 13.3. The molecule has 0 spiro atoms.